The quantitative estimate of drug-likeness (QED) is 0.568. The summed E-state index contributed by atoms with van der Waals surface area (Å²) in [5.41, 5.74) is 0. The van der Waals surface area contributed by atoms with Crippen molar-refractivity contribution >= 4 is 0 Å². The van der Waals surface area contributed by atoms with E-state index in [0.717, 1.165) is 17.9 Å². The van der Waals surface area contributed by atoms with Gasteiger partial charge in [-0.3, -0.25) is 0 Å². The number of nitrogens with one attached hydrogen (secondary N) is 1. The summed E-state index contributed by atoms with van der Waals surface area (Å²) in [5, 5.41) is 3.29. The van der Waals surface area contributed by atoms with E-state index in [4.69, 9.17) is 0 Å². The molecule has 0 saturated heterocycles. The first kappa shape index (κ1) is 6.09. The zero-order valence-electron chi connectivity index (χ0n) is 5.94. The minimum absolute atomic E-state index is 0.833. The van der Waals surface area contributed by atoms with E-state index >= 15 is 0 Å². The summed E-state index contributed by atoms with van der Waals surface area (Å²) >= 11 is 0. The smallest absolute Gasteiger partial charge is 0.0124 e. The molecule has 8 heavy (non-hydrogen) atoms. The van der Waals surface area contributed by atoms with E-state index in [1.807, 2.05) is 0 Å². The predicted octanol–water partition coefficient (Wildman–Crippen LogP) is 1.25. The van der Waals surface area contributed by atoms with Crippen molar-refractivity contribution in [3.05, 3.63) is 0 Å². The van der Waals surface area contributed by atoms with E-state index in [0.29, 0.717) is 0 Å². The van der Waals surface area contributed by atoms with Gasteiger partial charge in [-0.25, -0.2) is 0 Å². The summed E-state index contributed by atoms with van der Waals surface area (Å²) < 4.78 is 0. The maximum absolute atomic E-state index is 3.29. The average molecular weight is 113 g/mol. The first-order valence-corrected chi connectivity index (χ1v) is 3.48. The molecule has 48 valence electrons. The van der Waals surface area contributed by atoms with E-state index in [-0.39, 0.29) is 0 Å². The zero-order chi connectivity index (χ0) is 6.15. The molecule has 0 radical (unpaired) electrons. The molecule has 0 heterocycles. The van der Waals surface area contributed by atoms with E-state index in [9.17, 15) is 0 Å². The summed E-state index contributed by atoms with van der Waals surface area (Å²) in [6.07, 6.45) is 1.34. The van der Waals surface area contributed by atoms with Gasteiger partial charge in [0.2, 0.25) is 0 Å². The Morgan fingerprint density at radius 3 is 2.25 bits per heavy atom. The lowest BCUT2D eigenvalue weighted by Crippen LogP contribution is -2.11. The monoisotopic (exact) mass is 113 g/mol. The van der Waals surface area contributed by atoms with Crippen molar-refractivity contribution < 1.29 is 0 Å². The lowest BCUT2D eigenvalue weighted by Gasteiger charge is -1.89. The first-order chi connectivity index (χ1) is 3.81. The largest absolute Gasteiger partial charge is 0.316 e. The average Bonchev–Trinajstić information content (AvgIpc) is 2.40. The molecule has 1 heteroatoms. The maximum atomic E-state index is 3.29. The summed E-state index contributed by atoms with van der Waals surface area (Å²) in [7, 11) is 2.05. The third kappa shape index (κ3) is 0.752. The highest BCUT2D eigenvalue weighted by molar-refractivity contribution is 4.98. The molecule has 1 N–H and O–H groups in total. The third-order valence-corrected chi connectivity index (χ3v) is 2.37. The van der Waals surface area contributed by atoms with Crippen LogP contribution in [0.25, 0.3) is 0 Å². The molecule has 1 saturated carbocycles. The van der Waals surface area contributed by atoms with Crippen LogP contribution in [0, 0.1) is 11.8 Å². The highest BCUT2D eigenvalue weighted by Gasteiger charge is 2.43. The van der Waals surface area contributed by atoms with Gasteiger partial charge in [-0.2, -0.15) is 0 Å². The van der Waals surface area contributed by atoms with Gasteiger partial charge < -0.3 is 5.32 Å². The molecule has 0 aromatic heterocycles. The summed E-state index contributed by atoms with van der Waals surface area (Å²) in [6, 6.07) is 0.833. The molecule has 1 aliphatic rings. The van der Waals surface area contributed by atoms with E-state index in [2.05, 4.69) is 26.2 Å². The predicted molar refractivity (Wildman–Crippen MR) is 35.8 cm³/mol. The van der Waals surface area contributed by atoms with Crippen molar-refractivity contribution in [3.63, 3.8) is 0 Å². The second-order valence-corrected chi connectivity index (χ2v) is 2.75. The van der Waals surface area contributed by atoms with Crippen molar-refractivity contribution in [1.29, 1.82) is 0 Å². The Labute approximate surface area is 51.5 Å². The Morgan fingerprint density at radius 2 is 2.12 bits per heavy atom. The summed E-state index contributed by atoms with van der Waals surface area (Å²) in [5.74, 6) is 1.91. The first-order valence-electron chi connectivity index (χ1n) is 3.48. The molecule has 0 spiro atoms. The van der Waals surface area contributed by atoms with Gasteiger partial charge in [0, 0.05) is 6.04 Å². The molecule has 0 aliphatic heterocycles. The fourth-order valence-electron chi connectivity index (χ4n) is 1.65. The molecule has 0 bridgehead atoms. The van der Waals surface area contributed by atoms with Gasteiger partial charge in [-0.15, -0.1) is 0 Å². The highest BCUT2D eigenvalue weighted by atomic mass is 15.0. The van der Waals surface area contributed by atoms with Crippen LogP contribution in [-0.4, -0.2) is 13.1 Å². The van der Waals surface area contributed by atoms with Crippen molar-refractivity contribution in [2.24, 2.45) is 11.8 Å². The van der Waals surface area contributed by atoms with Crippen molar-refractivity contribution in [2.45, 2.75) is 26.3 Å². The second-order valence-electron chi connectivity index (χ2n) is 2.75. The molecule has 1 nitrogen and oxygen atoms in total. The fourth-order valence-corrected chi connectivity index (χ4v) is 1.65. The second kappa shape index (κ2) is 2.06. The van der Waals surface area contributed by atoms with Gasteiger partial charge in [0.05, 0.1) is 0 Å². The summed E-state index contributed by atoms with van der Waals surface area (Å²) in [4.78, 5) is 0. The Bertz CT molecular complexity index is 70.5. The highest BCUT2D eigenvalue weighted by Crippen LogP contribution is 2.40. The standard InChI is InChI=1S/C7H15N/c1-4-6-5(2)7(6)8-3/h5-8H,4H2,1-3H3. The zero-order valence-corrected chi connectivity index (χ0v) is 5.94. The summed E-state index contributed by atoms with van der Waals surface area (Å²) in [6.45, 7) is 4.58. The third-order valence-electron chi connectivity index (χ3n) is 2.37. The van der Waals surface area contributed by atoms with Gasteiger partial charge in [-0.1, -0.05) is 20.3 Å². The van der Waals surface area contributed by atoms with E-state index in [1.54, 1.807) is 0 Å². The molecule has 0 amide bonds. The maximum Gasteiger partial charge on any atom is 0.0124 e. The molecular weight excluding hydrogens is 98.1 g/mol. The Hall–Kier alpha value is -0.0400. The van der Waals surface area contributed by atoms with Gasteiger partial charge >= 0.3 is 0 Å². The van der Waals surface area contributed by atoms with Crippen molar-refractivity contribution in [1.82, 2.24) is 5.32 Å². The number of hydrogen-bond acceptors (Lipinski definition) is 1. The van der Waals surface area contributed by atoms with Crippen LogP contribution < -0.4 is 5.32 Å². The van der Waals surface area contributed by atoms with Crippen LogP contribution in [0.2, 0.25) is 0 Å². The van der Waals surface area contributed by atoms with Crippen molar-refractivity contribution in [3.8, 4) is 0 Å². The van der Waals surface area contributed by atoms with Crippen LogP contribution >= 0.6 is 0 Å². The fraction of sp³-hybridized carbons (Fsp3) is 1.00. The van der Waals surface area contributed by atoms with Gasteiger partial charge in [-0.05, 0) is 18.9 Å². The molecule has 1 aliphatic carbocycles. The lowest BCUT2D eigenvalue weighted by atomic mass is 10.3. The van der Waals surface area contributed by atoms with Crippen LogP contribution in [0.1, 0.15) is 20.3 Å². The minimum Gasteiger partial charge on any atom is -0.316 e. The molecular formula is C7H15N. The van der Waals surface area contributed by atoms with Crippen LogP contribution in [0.3, 0.4) is 0 Å². The molecule has 0 aromatic rings. The van der Waals surface area contributed by atoms with Gasteiger partial charge in [0.1, 0.15) is 0 Å². The number of hydrogen-bond donors (Lipinski definition) is 1. The normalized spacial score (nSPS) is 44.6. The Morgan fingerprint density at radius 1 is 1.50 bits per heavy atom. The van der Waals surface area contributed by atoms with Crippen LogP contribution in [-0.2, 0) is 0 Å². The van der Waals surface area contributed by atoms with Crippen molar-refractivity contribution in [2.75, 3.05) is 7.05 Å². The topological polar surface area (TPSA) is 12.0 Å². The molecule has 3 atom stereocenters. The molecule has 3 unspecified atom stereocenters. The van der Waals surface area contributed by atoms with E-state index < -0.39 is 0 Å². The SMILES string of the molecule is CCC1C(C)C1NC. The molecule has 1 fully saturated rings. The minimum atomic E-state index is 0.833. The van der Waals surface area contributed by atoms with Crippen LogP contribution in [0.15, 0.2) is 0 Å². The van der Waals surface area contributed by atoms with Gasteiger partial charge in [0.15, 0.2) is 0 Å². The van der Waals surface area contributed by atoms with Gasteiger partial charge in [0.25, 0.3) is 0 Å². The van der Waals surface area contributed by atoms with Crippen LogP contribution in [0.4, 0.5) is 0 Å². The Balaban J connectivity index is 2.23. The van der Waals surface area contributed by atoms with Crippen LogP contribution in [0.5, 0.6) is 0 Å². The molecule has 1 rings (SSSR count). The Kier molecular flexibility index (Phi) is 1.57. The van der Waals surface area contributed by atoms with E-state index in [1.165, 1.54) is 6.42 Å². The molecule has 0 aromatic carbocycles. The lowest BCUT2D eigenvalue weighted by molar-refractivity contribution is 0.685. The number of rotatable bonds is 2.